The van der Waals surface area contributed by atoms with Crippen LogP contribution < -0.4 is 10.9 Å². The molecule has 21 heavy (non-hydrogen) atoms. The Balaban J connectivity index is 1.99. The Bertz CT molecular complexity index is 816. The van der Waals surface area contributed by atoms with E-state index in [1.54, 1.807) is 12.1 Å². The highest BCUT2D eigenvalue weighted by molar-refractivity contribution is 6.33. The van der Waals surface area contributed by atoms with Gasteiger partial charge in [0.15, 0.2) is 0 Å². The molecule has 0 saturated carbocycles. The summed E-state index contributed by atoms with van der Waals surface area (Å²) in [4.78, 5) is 15.5. The van der Waals surface area contributed by atoms with E-state index in [-0.39, 0.29) is 11.6 Å². The van der Waals surface area contributed by atoms with Crippen molar-refractivity contribution in [3.63, 3.8) is 0 Å². The molecule has 0 spiro atoms. The zero-order valence-electron chi connectivity index (χ0n) is 10.9. The van der Waals surface area contributed by atoms with E-state index in [4.69, 9.17) is 16.0 Å². The Labute approximate surface area is 126 Å². The second kappa shape index (κ2) is 5.81. The third kappa shape index (κ3) is 3.12. The maximum absolute atomic E-state index is 11.7. The zero-order valence-corrected chi connectivity index (χ0v) is 11.7. The topological polar surface area (TPSA) is 55.1 Å². The summed E-state index contributed by atoms with van der Waals surface area (Å²) < 4.78 is 5.62. The van der Waals surface area contributed by atoms with Crippen LogP contribution in [-0.4, -0.2) is 4.98 Å². The average molecular weight is 299 g/mol. The van der Waals surface area contributed by atoms with Gasteiger partial charge in [0, 0.05) is 11.6 Å². The van der Waals surface area contributed by atoms with Crippen LogP contribution >= 0.6 is 11.6 Å². The number of benzene rings is 2. The van der Waals surface area contributed by atoms with Crippen molar-refractivity contribution in [3.05, 3.63) is 76.0 Å². The molecule has 4 nitrogen and oxygen atoms in total. The number of hydrogen-bond donors (Lipinski definition) is 1. The SMILES string of the molecule is O=c1cc(-c2ccccc2)oc(Nc2ccccc2Cl)n1. The van der Waals surface area contributed by atoms with E-state index in [9.17, 15) is 4.79 Å². The summed E-state index contributed by atoms with van der Waals surface area (Å²) in [5.74, 6) is 0.449. The van der Waals surface area contributed by atoms with E-state index in [0.717, 1.165) is 5.56 Å². The fourth-order valence-electron chi connectivity index (χ4n) is 1.88. The van der Waals surface area contributed by atoms with Crippen molar-refractivity contribution in [1.82, 2.24) is 4.98 Å². The van der Waals surface area contributed by atoms with Crippen LogP contribution in [0.5, 0.6) is 0 Å². The van der Waals surface area contributed by atoms with Crippen LogP contribution in [-0.2, 0) is 0 Å². The highest BCUT2D eigenvalue weighted by atomic mass is 35.5. The van der Waals surface area contributed by atoms with Gasteiger partial charge in [-0.3, -0.25) is 4.79 Å². The van der Waals surface area contributed by atoms with Gasteiger partial charge in [0.05, 0.1) is 10.7 Å². The van der Waals surface area contributed by atoms with E-state index in [2.05, 4.69) is 10.3 Å². The van der Waals surface area contributed by atoms with Gasteiger partial charge < -0.3 is 9.73 Å². The molecule has 0 aliphatic heterocycles. The van der Waals surface area contributed by atoms with Gasteiger partial charge in [-0.15, -0.1) is 0 Å². The Morgan fingerprint density at radius 2 is 1.71 bits per heavy atom. The lowest BCUT2D eigenvalue weighted by Crippen LogP contribution is -2.07. The minimum absolute atomic E-state index is 0.106. The molecule has 3 aromatic rings. The molecular formula is C16H11ClN2O2. The molecule has 0 amide bonds. The van der Waals surface area contributed by atoms with Crippen molar-refractivity contribution >= 4 is 23.3 Å². The molecular weight excluding hydrogens is 288 g/mol. The quantitative estimate of drug-likeness (QED) is 0.791. The average Bonchev–Trinajstić information content (AvgIpc) is 2.50. The fraction of sp³-hybridized carbons (Fsp3) is 0. The van der Waals surface area contributed by atoms with Gasteiger partial charge in [-0.2, -0.15) is 4.98 Å². The van der Waals surface area contributed by atoms with Crippen LogP contribution in [0.1, 0.15) is 0 Å². The maximum Gasteiger partial charge on any atom is 0.303 e. The van der Waals surface area contributed by atoms with E-state index >= 15 is 0 Å². The lowest BCUT2D eigenvalue weighted by molar-refractivity contribution is 0.561. The van der Waals surface area contributed by atoms with Gasteiger partial charge in [-0.05, 0) is 12.1 Å². The summed E-state index contributed by atoms with van der Waals surface area (Å²) in [6.07, 6.45) is 0. The summed E-state index contributed by atoms with van der Waals surface area (Å²) in [6.45, 7) is 0. The van der Waals surface area contributed by atoms with E-state index in [0.29, 0.717) is 16.5 Å². The number of anilines is 2. The third-order valence-electron chi connectivity index (χ3n) is 2.85. The molecule has 3 rings (SSSR count). The van der Waals surface area contributed by atoms with E-state index < -0.39 is 0 Å². The normalized spacial score (nSPS) is 10.3. The van der Waals surface area contributed by atoms with Crippen molar-refractivity contribution < 1.29 is 4.42 Å². The third-order valence-corrected chi connectivity index (χ3v) is 3.18. The summed E-state index contributed by atoms with van der Waals surface area (Å²) >= 11 is 6.06. The number of nitrogens with one attached hydrogen (secondary N) is 1. The minimum Gasteiger partial charge on any atom is -0.425 e. The molecule has 0 radical (unpaired) electrons. The van der Waals surface area contributed by atoms with E-state index in [1.807, 2.05) is 42.5 Å². The largest absolute Gasteiger partial charge is 0.425 e. The molecule has 1 aromatic heterocycles. The van der Waals surface area contributed by atoms with Crippen molar-refractivity contribution in [3.8, 4) is 11.3 Å². The molecule has 5 heteroatoms. The van der Waals surface area contributed by atoms with Gasteiger partial charge >= 0.3 is 6.01 Å². The number of para-hydroxylation sites is 1. The molecule has 0 saturated heterocycles. The second-order valence-electron chi connectivity index (χ2n) is 4.34. The molecule has 2 aromatic carbocycles. The Morgan fingerprint density at radius 3 is 2.48 bits per heavy atom. The van der Waals surface area contributed by atoms with Crippen LogP contribution in [0.3, 0.4) is 0 Å². The van der Waals surface area contributed by atoms with Crippen LogP contribution in [0.2, 0.25) is 5.02 Å². The van der Waals surface area contributed by atoms with Gasteiger partial charge in [0.25, 0.3) is 5.56 Å². The lowest BCUT2D eigenvalue weighted by atomic mass is 10.2. The number of rotatable bonds is 3. The Hall–Kier alpha value is -2.59. The molecule has 0 aliphatic rings. The Morgan fingerprint density at radius 1 is 1.00 bits per heavy atom. The van der Waals surface area contributed by atoms with Crippen molar-refractivity contribution in [1.29, 1.82) is 0 Å². The zero-order chi connectivity index (χ0) is 14.7. The molecule has 0 fully saturated rings. The minimum atomic E-state index is -0.380. The molecule has 1 heterocycles. The second-order valence-corrected chi connectivity index (χ2v) is 4.74. The predicted molar refractivity (Wildman–Crippen MR) is 82.9 cm³/mol. The first-order chi connectivity index (χ1) is 10.2. The lowest BCUT2D eigenvalue weighted by Gasteiger charge is -2.07. The van der Waals surface area contributed by atoms with E-state index in [1.165, 1.54) is 6.07 Å². The molecule has 1 N–H and O–H groups in total. The predicted octanol–water partition coefficient (Wildman–Crippen LogP) is 4.10. The van der Waals surface area contributed by atoms with Gasteiger partial charge in [-0.25, -0.2) is 0 Å². The van der Waals surface area contributed by atoms with Crippen molar-refractivity contribution in [2.24, 2.45) is 0 Å². The fourth-order valence-corrected chi connectivity index (χ4v) is 2.06. The summed E-state index contributed by atoms with van der Waals surface area (Å²) in [5, 5.41) is 3.43. The monoisotopic (exact) mass is 298 g/mol. The van der Waals surface area contributed by atoms with Crippen molar-refractivity contribution in [2.75, 3.05) is 5.32 Å². The van der Waals surface area contributed by atoms with Gasteiger partial charge in [-0.1, -0.05) is 54.1 Å². The highest BCUT2D eigenvalue weighted by Crippen LogP contribution is 2.25. The van der Waals surface area contributed by atoms with Crippen LogP contribution in [0.15, 0.2) is 69.9 Å². The van der Waals surface area contributed by atoms with Crippen LogP contribution in [0.25, 0.3) is 11.3 Å². The number of hydrogen-bond acceptors (Lipinski definition) is 4. The smallest absolute Gasteiger partial charge is 0.303 e. The molecule has 0 bridgehead atoms. The molecule has 0 unspecified atom stereocenters. The highest BCUT2D eigenvalue weighted by Gasteiger charge is 2.07. The molecule has 0 aliphatic carbocycles. The first-order valence-corrected chi connectivity index (χ1v) is 6.69. The number of halogens is 1. The standard InChI is InChI=1S/C16H11ClN2O2/c17-12-8-4-5-9-13(12)18-16-19-15(20)10-14(21-16)11-6-2-1-3-7-11/h1-10H,(H,18,19,20). The summed E-state index contributed by atoms with van der Waals surface area (Å²) in [6, 6.07) is 18.0. The molecule has 104 valence electrons. The Kier molecular flexibility index (Phi) is 3.71. The maximum atomic E-state index is 11.7. The van der Waals surface area contributed by atoms with Gasteiger partial charge in [0.1, 0.15) is 5.76 Å². The summed E-state index contributed by atoms with van der Waals surface area (Å²) in [7, 11) is 0. The molecule has 0 atom stereocenters. The first-order valence-electron chi connectivity index (χ1n) is 6.31. The summed E-state index contributed by atoms with van der Waals surface area (Å²) in [5.41, 5.74) is 1.05. The number of aromatic nitrogens is 1. The van der Waals surface area contributed by atoms with Crippen LogP contribution in [0.4, 0.5) is 11.7 Å². The van der Waals surface area contributed by atoms with Gasteiger partial charge in [0.2, 0.25) is 0 Å². The van der Waals surface area contributed by atoms with Crippen LogP contribution in [0, 0.1) is 0 Å². The first kappa shape index (κ1) is 13.4. The van der Waals surface area contributed by atoms with Crippen molar-refractivity contribution in [2.45, 2.75) is 0 Å². The number of nitrogens with zero attached hydrogens (tertiary/aromatic N) is 1.